The number of carbonyl (C=O) groups is 3. The zero-order chi connectivity index (χ0) is 12.9. The van der Waals surface area contributed by atoms with Gasteiger partial charge in [0.15, 0.2) is 5.78 Å². The summed E-state index contributed by atoms with van der Waals surface area (Å²) >= 11 is 0. The number of carboxylic acids is 2. The number of aliphatic hydroxyl groups is 1. The van der Waals surface area contributed by atoms with Crippen molar-refractivity contribution in [2.45, 2.75) is 13.8 Å². The van der Waals surface area contributed by atoms with Crippen LogP contribution < -0.4 is 0 Å². The van der Waals surface area contributed by atoms with E-state index in [-0.39, 0.29) is 11.7 Å². The highest BCUT2D eigenvalue weighted by atomic mass is 16.4. The van der Waals surface area contributed by atoms with Crippen molar-refractivity contribution in [1.29, 1.82) is 0 Å². The van der Waals surface area contributed by atoms with E-state index in [1.807, 2.05) is 0 Å². The molecule has 0 aliphatic heterocycles. The molecular formula is C10H12O6. The molecule has 0 rings (SSSR count). The fourth-order valence-corrected chi connectivity index (χ4v) is 0.725. The Morgan fingerprint density at radius 1 is 0.938 bits per heavy atom. The molecule has 0 aromatic rings. The highest BCUT2D eigenvalue weighted by molar-refractivity contribution is 6.01. The van der Waals surface area contributed by atoms with Gasteiger partial charge in [-0.25, -0.2) is 9.59 Å². The Kier molecular flexibility index (Phi) is 4.94. The number of hydrogen-bond acceptors (Lipinski definition) is 4. The Morgan fingerprint density at radius 3 is 1.75 bits per heavy atom. The average molecular weight is 228 g/mol. The number of ketones is 1. The average Bonchev–Trinajstić information content (AvgIpc) is 2.16. The standard InChI is InChI=1S/C10H12O6/c1-5(2)7(11)4-3-6(9(13)14)8(12)10(15)16/h3-5,12H,1-2H3,(H,13,14)(H,15,16)/b4-3+,8-6+. The van der Waals surface area contributed by atoms with Crippen molar-refractivity contribution < 1.29 is 29.7 Å². The Bertz CT molecular complexity index is 375. The molecule has 0 atom stereocenters. The van der Waals surface area contributed by atoms with E-state index in [0.717, 1.165) is 12.2 Å². The second-order valence-corrected chi connectivity index (χ2v) is 3.26. The molecular weight excluding hydrogens is 216 g/mol. The van der Waals surface area contributed by atoms with Crippen LogP contribution in [-0.2, 0) is 14.4 Å². The summed E-state index contributed by atoms with van der Waals surface area (Å²) in [6, 6.07) is 0. The summed E-state index contributed by atoms with van der Waals surface area (Å²) in [7, 11) is 0. The van der Waals surface area contributed by atoms with Gasteiger partial charge in [0.05, 0.1) is 0 Å². The first-order valence-corrected chi connectivity index (χ1v) is 4.39. The van der Waals surface area contributed by atoms with Crippen LogP contribution in [0.3, 0.4) is 0 Å². The highest BCUT2D eigenvalue weighted by Crippen LogP contribution is 2.06. The Balaban J connectivity index is 5.15. The van der Waals surface area contributed by atoms with Gasteiger partial charge in [0.25, 0.3) is 0 Å². The number of aliphatic hydroxyl groups excluding tert-OH is 1. The smallest absolute Gasteiger partial charge is 0.371 e. The second-order valence-electron chi connectivity index (χ2n) is 3.26. The number of aliphatic carboxylic acids is 2. The molecule has 0 aliphatic rings. The molecule has 0 amide bonds. The lowest BCUT2D eigenvalue weighted by Gasteiger charge is -1.99. The summed E-state index contributed by atoms with van der Waals surface area (Å²) in [5.41, 5.74) is -0.832. The minimum absolute atomic E-state index is 0.335. The Labute approximate surface area is 91.5 Å². The van der Waals surface area contributed by atoms with E-state index in [2.05, 4.69) is 0 Å². The third kappa shape index (κ3) is 3.95. The number of carboxylic acid groups (broad SMARTS) is 2. The van der Waals surface area contributed by atoms with Crippen molar-refractivity contribution in [3.63, 3.8) is 0 Å². The molecule has 0 fully saturated rings. The van der Waals surface area contributed by atoms with E-state index in [1.54, 1.807) is 13.8 Å². The molecule has 16 heavy (non-hydrogen) atoms. The van der Waals surface area contributed by atoms with Crippen LogP contribution in [0, 0.1) is 5.92 Å². The summed E-state index contributed by atoms with van der Waals surface area (Å²) in [6.45, 7) is 3.21. The van der Waals surface area contributed by atoms with Gasteiger partial charge in [-0.05, 0) is 12.2 Å². The van der Waals surface area contributed by atoms with Crippen molar-refractivity contribution in [2.24, 2.45) is 5.92 Å². The van der Waals surface area contributed by atoms with Crippen LogP contribution in [0.25, 0.3) is 0 Å². The zero-order valence-corrected chi connectivity index (χ0v) is 8.80. The summed E-state index contributed by atoms with van der Waals surface area (Å²) in [5, 5.41) is 25.9. The van der Waals surface area contributed by atoms with Gasteiger partial charge < -0.3 is 15.3 Å². The van der Waals surface area contributed by atoms with E-state index in [9.17, 15) is 14.4 Å². The van der Waals surface area contributed by atoms with Crippen molar-refractivity contribution in [2.75, 3.05) is 0 Å². The fraction of sp³-hybridized carbons (Fsp3) is 0.300. The molecule has 88 valence electrons. The van der Waals surface area contributed by atoms with Crippen LogP contribution in [0.2, 0.25) is 0 Å². The quantitative estimate of drug-likeness (QED) is 0.363. The van der Waals surface area contributed by atoms with Crippen molar-refractivity contribution in [1.82, 2.24) is 0 Å². The second kappa shape index (κ2) is 5.69. The van der Waals surface area contributed by atoms with Crippen molar-refractivity contribution in [3.05, 3.63) is 23.5 Å². The minimum Gasteiger partial charge on any atom is -0.501 e. The van der Waals surface area contributed by atoms with Crippen LogP contribution in [0.15, 0.2) is 23.5 Å². The molecule has 3 N–H and O–H groups in total. The predicted octanol–water partition coefficient (Wildman–Crippen LogP) is 0.749. The van der Waals surface area contributed by atoms with E-state index in [0.29, 0.717) is 0 Å². The maximum absolute atomic E-state index is 11.1. The predicted molar refractivity (Wildman–Crippen MR) is 53.9 cm³/mol. The van der Waals surface area contributed by atoms with Gasteiger partial charge in [-0.2, -0.15) is 0 Å². The summed E-state index contributed by atoms with van der Waals surface area (Å²) in [4.78, 5) is 32.0. The van der Waals surface area contributed by atoms with Gasteiger partial charge >= 0.3 is 11.9 Å². The Hall–Kier alpha value is -2.11. The number of rotatable bonds is 5. The van der Waals surface area contributed by atoms with E-state index in [1.165, 1.54) is 0 Å². The first kappa shape index (κ1) is 13.9. The molecule has 6 nitrogen and oxygen atoms in total. The molecule has 0 bridgehead atoms. The molecule has 6 heteroatoms. The third-order valence-corrected chi connectivity index (χ3v) is 1.67. The topological polar surface area (TPSA) is 112 Å². The van der Waals surface area contributed by atoms with E-state index >= 15 is 0 Å². The lowest BCUT2D eigenvalue weighted by molar-refractivity contribution is -0.138. The van der Waals surface area contributed by atoms with Gasteiger partial charge in [0, 0.05) is 5.92 Å². The molecule has 0 aromatic carbocycles. The van der Waals surface area contributed by atoms with Gasteiger partial charge in [-0.1, -0.05) is 13.8 Å². The van der Waals surface area contributed by atoms with E-state index < -0.39 is 23.3 Å². The summed E-state index contributed by atoms with van der Waals surface area (Å²) < 4.78 is 0. The molecule has 0 aromatic heterocycles. The number of hydrogen-bond donors (Lipinski definition) is 3. The third-order valence-electron chi connectivity index (χ3n) is 1.67. The molecule has 0 unspecified atom stereocenters. The maximum atomic E-state index is 11.1. The first-order chi connectivity index (χ1) is 7.27. The normalized spacial score (nSPS) is 12.7. The largest absolute Gasteiger partial charge is 0.501 e. The molecule has 0 radical (unpaired) electrons. The first-order valence-electron chi connectivity index (χ1n) is 4.39. The molecule has 0 saturated heterocycles. The van der Waals surface area contributed by atoms with Crippen LogP contribution >= 0.6 is 0 Å². The van der Waals surface area contributed by atoms with Crippen LogP contribution in [0.1, 0.15) is 13.8 Å². The molecule has 0 aliphatic carbocycles. The van der Waals surface area contributed by atoms with E-state index in [4.69, 9.17) is 15.3 Å². The summed E-state index contributed by atoms with van der Waals surface area (Å²) in [5.74, 6) is -5.39. The SMILES string of the molecule is CC(C)C(=O)/C=C/C(C(=O)O)=C(\O)C(=O)O. The highest BCUT2D eigenvalue weighted by Gasteiger charge is 2.17. The molecule has 0 heterocycles. The fourth-order valence-electron chi connectivity index (χ4n) is 0.725. The minimum atomic E-state index is -1.76. The summed E-state index contributed by atoms with van der Waals surface area (Å²) in [6.07, 6.45) is 1.70. The van der Waals surface area contributed by atoms with Crippen LogP contribution in [0.5, 0.6) is 0 Å². The monoisotopic (exact) mass is 228 g/mol. The number of carbonyl (C=O) groups excluding carboxylic acids is 1. The molecule has 0 spiro atoms. The lowest BCUT2D eigenvalue weighted by Crippen LogP contribution is -2.10. The lowest BCUT2D eigenvalue weighted by atomic mass is 10.1. The van der Waals surface area contributed by atoms with Gasteiger partial charge in [-0.3, -0.25) is 4.79 Å². The number of allylic oxidation sites excluding steroid dienone is 1. The van der Waals surface area contributed by atoms with Gasteiger partial charge in [0.1, 0.15) is 5.57 Å². The van der Waals surface area contributed by atoms with Gasteiger partial charge in [0.2, 0.25) is 5.76 Å². The molecule has 0 saturated carbocycles. The maximum Gasteiger partial charge on any atom is 0.371 e. The van der Waals surface area contributed by atoms with Crippen molar-refractivity contribution in [3.8, 4) is 0 Å². The Morgan fingerprint density at radius 2 is 1.44 bits per heavy atom. The zero-order valence-electron chi connectivity index (χ0n) is 8.80. The van der Waals surface area contributed by atoms with Gasteiger partial charge in [-0.15, -0.1) is 0 Å². The van der Waals surface area contributed by atoms with Crippen LogP contribution in [-0.4, -0.2) is 33.0 Å². The van der Waals surface area contributed by atoms with Crippen molar-refractivity contribution >= 4 is 17.7 Å². The van der Waals surface area contributed by atoms with Crippen LogP contribution in [0.4, 0.5) is 0 Å².